The number of nitrogens with zero attached hydrogens (tertiary/aromatic N) is 1. The molecular weight excluding hydrogens is 236 g/mol. The molecule has 2 aliphatic rings. The van der Waals surface area contributed by atoms with Crippen molar-refractivity contribution in [3.8, 4) is 0 Å². The fourth-order valence-corrected chi connectivity index (χ4v) is 3.49. The first kappa shape index (κ1) is 13.2. The number of rotatable bonds is 4. The Bertz CT molecular complexity index is 410. The van der Waals surface area contributed by atoms with E-state index in [0.717, 1.165) is 31.3 Å². The van der Waals surface area contributed by atoms with Gasteiger partial charge in [-0.25, -0.2) is 0 Å². The average Bonchev–Trinajstić information content (AvgIpc) is 3.10. The Morgan fingerprint density at radius 2 is 2.26 bits per heavy atom. The van der Waals surface area contributed by atoms with E-state index in [2.05, 4.69) is 37.1 Å². The first-order valence-electron chi connectivity index (χ1n) is 7.60. The predicted molar refractivity (Wildman–Crippen MR) is 76.9 cm³/mol. The van der Waals surface area contributed by atoms with Crippen molar-refractivity contribution in [1.29, 1.82) is 0 Å². The molecule has 3 heteroatoms. The largest absolute Gasteiger partial charge is 0.468 e. The topological polar surface area (TPSA) is 28.4 Å². The first-order valence-corrected chi connectivity index (χ1v) is 7.60. The zero-order valence-electron chi connectivity index (χ0n) is 12.4. The van der Waals surface area contributed by atoms with Crippen LogP contribution in [0.15, 0.2) is 22.8 Å². The van der Waals surface area contributed by atoms with E-state index in [1.807, 2.05) is 6.07 Å². The summed E-state index contributed by atoms with van der Waals surface area (Å²) in [5.74, 6) is 2.64. The zero-order chi connectivity index (χ0) is 13.5. The standard InChI is InChI=1S/C16H26N2O/c1-12(2)15-9-17-16(3,13-6-7-13)11-18(15)10-14-5-4-8-19-14/h4-5,8,12-13,15,17H,6-7,9-11H2,1-3H3. The summed E-state index contributed by atoms with van der Waals surface area (Å²) in [5, 5.41) is 3.83. The van der Waals surface area contributed by atoms with Gasteiger partial charge >= 0.3 is 0 Å². The molecule has 1 saturated carbocycles. The quantitative estimate of drug-likeness (QED) is 0.904. The van der Waals surface area contributed by atoms with E-state index in [9.17, 15) is 0 Å². The van der Waals surface area contributed by atoms with Gasteiger partial charge in [-0.15, -0.1) is 0 Å². The molecule has 0 amide bonds. The van der Waals surface area contributed by atoms with Crippen LogP contribution in [0.2, 0.25) is 0 Å². The van der Waals surface area contributed by atoms with Crippen LogP contribution < -0.4 is 5.32 Å². The molecule has 2 unspecified atom stereocenters. The molecule has 106 valence electrons. The molecule has 1 aliphatic carbocycles. The highest BCUT2D eigenvalue weighted by Crippen LogP contribution is 2.42. The minimum Gasteiger partial charge on any atom is -0.468 e. The Morgan fingerprint density at radius 3 is 2.84 bits per heavy atom. The summed E-state index contributed by atoms with van der Waals surface area (Å²) in [6.45, 7) is 10.2. The Hall–Kier alpha value is -0.800. The molecule has 0 spiro atoms. The van der Waals surface area contributed by atoms with Gasteiger partial charge in [-0.1, -0.05) is 13.8 Å². The van der Waals surface area contributed by atoms with E-state index >= 15 is 0 Å². The van der Waals surface area contributed by atoms with Crippen molar-refractivity contribution < 1.29 is 4.42 Å². The van der Waals surface area contributed by atoms with Gasteiger partial charge in [-0.2, -0.15) is 0 Å². The fourth-order valence-electron chi connectivity index (χ4n) is 3.49. The molecule has 0 aromatic carbocycles. The minimum absolute atomic E-state index is 0.304. The SMILES string of the molecule is CC(C)C1CNC(C)(C2CC2)CN1Cc1ccco1. The number of hydrogen-bond donors (Lipinski definition) is 1. The summed E-state index contributed by atoms with van der Waals surface area (Å²) in [5.41, 5.74) is 0.304. The highest BCUT2D eigenvalue weighted by atomic mass is 16.3. The third kappa shape index (κ3) is 2.72. The normalized spacial score (nSPS) is 32.9. The van der Waals surface area contributed by atoms with Gasteiger partial charge in [0.1, 0.15) is 5.76 Å². The van der Waals surface area contributed by atoms with Crippen LogP contribution >= 0.6 is 0 Å². The summed E-state index contributed by atoms with van der Waals surface area (Å²) < 4.78 is 5.55. The van der Waals surface area contributed by atoms with Crippen LogP contribution in [0.4, 0.5) is 0 Å². The van der Waals surface area contributed by atoms with E-state index in [1.165, 1.54) is 12.8 Å². The van der Waals surface area contributed by atoms with Crippen LogP contribution in [-0.2, 0) is 6.54 Å². The molecule has 0 bridgehead atoms. The fraction of sp³-hybridized carbons (Fsp3) is 0.750. The molecular formula is C16H26N2O. The molecule has 2 heterocycles. The third-order valence-electron chi connectivity index (χ3n) is 4.90. The number of hydrogen-bond acceptors (Lipinski definition) is 3. The molecule has 19 heavy (non-hydrogen) atoms. The maximum Gasteiger partial charge on any atom is 0.117 e. The lowest BCUT2D eigenvalue weighted by molar-refractivity contribution is 0.0413. The van der Waals surface area contributed by atoms with E-state index in [-0.39, 0.29) is 0 Å². The van der Waals surface area contributed by atoms with Crippen molar-refractivity contribution in [1.82, 2.24) is 10.2 Å². The summed E-state index contributed by atoms with van der Waals surface area (Å²) in [6, 6.07) is 4.69. The average molecular weight is 262 g/mol. The van der Waals surface area contributed by atoms with E-state index < -0.39 is 0 Å². The lowest BCUT2D eigenvalue weighted by Gasteiger charge is -2.48. The number of furan rings is 1. The molecule has 2 fully saturated rings. The van der Waals surface area contributed by atoms with Gasteiger partial charge in [0.2, 0.25) is 0 Å². The maximum absolute atomic E-state index is 5.55. The van der Waals surface area contributed by atoms with Gasteiger partial charge < -0.3 is 9.73 Å². The molecule has 3 rings (SSSR count). The molecule has 1 aliphatic heterocycles. The van der Waals surface area contributed by atoms with Gasteiger partial charge in [0.25, 0.3) is 0 Å². The van der Waals surface area contributed by atoms with Gasteiger partial charge in [0.15, 0.2) is 0 Å². The molecule has 1 aromatic rings. The van der Waals surface area contributed by atoms with E-state index in [4.69, 9.17) is 4.42 Å². The second-order valence-electron chi connectivity index (χ2n) is 6.87. The summed E-state index contributed by atoms with van der Waals surface area (Å²) >= 11 is 0. The summed E-state index contributed by atoms with van der Waals surface area (Å²) in [7, 11) is 0. The Morgan fingerprint density at radius 1 is 1.47 bits per heavy atom. The second kappa shape index (κ2) is 4.95. The van der Waals surface area contributed by atoms with Gasteiger partial charge in [0, 0.05) is 24.7 Å². The Balaban J connectivity index is 1.74. The zero-order valence-corrected chi connectivity index (χ0v) is 12.4. The van der Waals surface area contributed by atoms with Crippen LogP contribution in [0.5, 0.6) is 0 Å². The minimum atomic E-state index is 0.304. The highest BCUT2D eigenvalue weighted by Gasteiger charge is 2.46. The van der Waals surface area contributed by atoms with Crippen LogP contribution in [0.1, 0.15) is 39.4 Å². The van der Waals surface area contributed by atoms with Crippen molar-refractivity contribution in [3.63, 3.8) is 0 Å². The van der Waals surface area contributed by atoms with E-state index in [1.54, 1.807) is 6.26 Å². The lowest BCUT2D eigenvalue weighted by atomic mass is 9.88. The van der Waals surface area contributed by atoms with Gasteiger partial charge in [-0.3, -0.25) is 4.90 Å². The van der Waals surface area contributed by atoms with Crippen molar-refractivity contribution in [3.05, 3.63) is 24.2 Å². The highest BCUT2D eigenvalue weighted by molar-refractivity contribution is 5.06. The predicted octanol–water partition coefficient (Wildman–Crippen LogP) is 2.88. The van der Waals surface area contributed by atoms with Crippen LogP contribution in [0.3, 0.4) is 0 Å². The van der Waals surface area contributed by atoms with E-state index in [0.29, 0.717) is 17.5 Å². The van der Waals surface area contributed by atoms with Crippen molar-refractivity contribution in [2.45, 2.75) is 51.7 Å². The second-order valence-corrected chi connectivity index (χ2v) is 6.87. The van der Waals surface area contributed by atoms with Crippen LogP contribution in [0.25, 0.3) is 0 Å². The van der Waals surface area contributed by atoms with Crippen molar-refractivity contribution >= 4 is 0 Å². The van der Waals surface area contributed by atoms with Gasteiger partial charge in [-0.05, 0) is 43.7 Å². The lowest BCUT2D eigenvalue weighted by Crippen LogP contribution is -2.64. The smallest absolute Gasteiger partial charge is 0.117 e. The maximum atomic E-state index is 5.55. The first-order chi connectivity index (χ1) is 9.08. The molecule has 2 atom stereocenters. The van der Waals surface area contributed by atoms with Crippen molar-refractivity contribution in [2.75, 3.05) is 13.1 Å². The molecule has 3 nitrogen and oxygen atoms in total. The van der Waals surface area contributed by atoms with Crippen LogP contribution in [0, 0.1) is 11.8 Å². The molecule has 0 radical (unpaired) electrons. The van der Waals surface area contributed by atoms with Crippen molar-refractivity contribution in [2.24, 2.45) is 11.8 Å². The molecule has 1 N–H and O–H groups in total. The molecule has 1 saturated heterocycles. The number of nitrogens with one attached hydrogen (secondary N) is 1. The number of piperazine rings is 1. The molecule has 1 aromatic heterocycles. The Labute approximate surface area is 116 Å². The monoisotopic (exact) mass is 262 g/mol. The summed E-state index contributed by atoms with van der Waals surface area (Å²) in [4.78, 5) is 2.62. The Kier molecular flexibility index (Phi) is 3.44. The van der Waals surface area contributed by atoms with Gasteiger partial charge in [0.05, 0.1) is 12.8 Å². The van der Waals surface area contributed by atoms with Crippen LogP contribution in [-0.4, -0.2) is 29.6 Å². The third-order valence-corrected chi connectivity index (χ3v) is 4.90. The summed E-state index contributed by atoms with van der Waals surface area (Å²) in [6.07, 6.45) is 4.57.